The molecule has 2 aliphatic rings. The molecule has 2 aliphatic heterocycles. The number of rotatable bonds is 10. The third kappa shape index (κ3) is 10.4. The number of alkyl halides is 6. The van der Waals surface area contributed by atoms with Crippen molar-refractivity contribution in [3.8, 4) is 11.5 Å². The highest BCUT2D eigenvalue weighted by atomic mass is 19.4. The fourth-order valence-corrected chi connectivity index (χ4v) is 6.34. The lowest BCUT2D eigenvalue weighted by Crippen LogP contribution is -2.23. The lowest BCUT2D eigenvalue weighted by atomic mass is 10.1. The maximum Gasteiger partial charge on any atom is 0.418 e. The van der Waals surface area contributed by atoms with Gasteiger partial charge in [-0.05, 0) is 100 Å². The first-order valence-electron chi connectivity index (χ1n) is 17.8. The van der Waals surface area contributed by atoms with E-state index in [2.05, 4.69) is 10.6 Å². The molecular formula is C40H42F6N4O4. The van der Waals surface area contributed by atoms with Gasteiger partial charge in [0.1, 0.15) is 11.5 Å². The monoisotopic (exact) mass is 756 g/mol. The molecule has 0 radical (unpaired) electrons. The van der Waals surface area contributed by atoms with Crippen LogP contribution in [0, 0.1) is 0 Å². The van der Waals surface area contributed by atoms with Crippen molar-refractivity contribution in [2.24, 2.45) is 0 Å². The van der Waals surface area contributed by atoms with Crippen molar-refractivity contribution in [1.82, 2.24) is 0 Å². The van der Waals surface area contributed by atoms with E-state index in [1.165, 1.54) is 24.3 Å². The van der Waals surface area contributed by atoms with Crippen LogP contribution in [-0.2, 0) is 12.4 Å². The molecule has 4 aromatic rings. The summed E-state index contributed by atoms with van der Waals surface area (Å²) in [6.07, 6.45) is -5.57. The summed E-state index contributed by atoms with van der Waals surface area (Å²) in [6, 6.07) is 21.0. The van der Waals surface area contributed by atoms with Crippen molar-refractivity contribution in [1.29, 1.82) is 0 Å². The van der Waals surface area contributed by atoms with E-state index in [9.17, 15) is 35.9 Å². The van der Waals surface area contributed by atoms with E-state index >= 15 is 0 Å². The zero-order valence-corrected chi connectivity index (χ0v) is 29.9. The number of anilines is 4. The van der Waals surface area contributed by atoms with Crippen molar-refractivity contribution >= 4 is 34.6 Å². The molecule has 2 N–H and O–H groups in total. The van der Waals surface area contributed by atoms with Crippen molar-refractivity contribution in [3.63, 3.8) is 0 Å². The normalized spacial score (nSPS) is 14.3. The molecule has 2 saturated heterocycles. The third-order valence-corrected chi connectivity index (χ3v) is 8.83. The van der Waals surface area contributed by atoms with Crippen LogP contribution in [0.15, 0.2) is 84.9 Å². The first kappa shape index (κ1) is 39.8. The van der Waals surface area contributed by atoms with Crippen LogP contribution in [0.5, 0.6) is 11.5 Å². The van der Waals surface area contributed by atoms with E-state index in [1.54, 1.807) is 58.3 Å². The van der Waals surface area contributed by atoms with Gasteiger partial charge in [0.25, 0.3) is 11.8 Å². The number of hydrogen-bond donors (Lipinski definition) is 2. The predicted octanol–water partition coefficient (Wildman–Crippen LogP) is 9.91. The maximum atomic E-state index is 13.5. The molecule has 54 heavy (non-hydrogen) atoms. The summed E-state index contributed by atoms with van der Waals surface area (Å²) >= 11 is 0. The topological polar surface area (TPSA) is 83.1 Å². The van der Waals surface area contributed by atoms with Gasteiger partial charge in [0.2, 0.25) is 0 Å². The van der Waals surface area contributed by atoms with Gasteiger partial charge >= 0.3 is 12.4 Å². The Balaban J connectivity index is 0.000000208. The highest BCUT2D eigenvalue weighted by molar-refractivity contribution is 6.05. The lowest BCUT2D eigenvalue weighted by molar-refractivity contribution is -0.138. The van der Waals surface area contributed by atoms with Crippen LogP contribution in [0.25, 0.3) is 0 Å². The number of hydrogen-bond acceptors (Lipinski definition) is 6. The number of carbonyl (C=O) groups is 2. The summed E-state index contributed by atoms with van der Waals surface area (Å²) < 4.78 is 91.9. The molecule has 0 spiro atoms. The number of carbonyl (C=O) groups excluding carboxylic acids is 2. The lowest BCUT2D eigenvalue weighted by Gasteiger charge is -2.23. The molecule has 2 fully saturated rings. The molecule has 4 aromatic carbocycles. The summed E-state index contributed by atoms with van der Waals surface area (Å²) in [5, 5.41) is 5.25. The summed E-state index contributed by atoms with van der Waals surface area (Å²) in [4.78, 5) is 28.4. The number of nitrogens with one attached hydrogen (secondary N) is 2. The Hall–Kier alpha value is -5.40. The Morgan fingerprint density at radius 3 is 1.28 bits per heavy atom. The quantitative estimate of drug-likeness (QED) is 0.157. The Morgan fingerprint density at radius 1 is 0.574 bits per heavy atom. The van der Waals surface area contributed by atoms with Crippen LogP contribution in [0.2, 0.25) is 0 Å². The largest absolute Gasteiger partial charge is 0.494 e. The Morgan fingerprint density at radius 2 is 0.944 bits per heavy atom. The van der Waals surface area contributed by atoms with Gasteiger partial charge in [-0.25, -0.2) is 0 Å². The molecule has 0 unspecified atom stereocenters. The zero-order valence-electron chi connectivity index (χ0n) is 29.9. The predicted molar refractivity (Wildman–Crippen MR) is 197 cm³/mol. The second kappa shape index (κ2) is 17.6. The van der Waals surface area contributed by atoms with Crippen LogP contribution in [0.1, 0.15) is 71.4 Å². The van der Waals surface area contributed by atoms with Gasteiger partial charge < -0.3 is 29.9 Å². The number of amides is 2. The van der Waals surface area contributed by atoms with Gasteiger partial charge in [0.15, 0.2) is 0 Å². The SMILES string of the molecule is CCOc1cccc(NC(=O)c2ccc(N3CCCC3)c(C(F)(F)F)c2)c1.CCOc1cccc(NC(=O)c2ccc(N3CCCC3)c(C(F)(F)F)c2)c1. The molecule has 2 amide bonds. The van der Waals surface area contributed by atoms with Crippen LogP contribution in [0.4, 0.5) is 49.1 Å². The molecule has 0 aromatic heterocycles. The fourth-order valence-electron chi connectivity index (χ4n) is 6.34. The molecule has 0 atom stereocenters. The minimum Gasteiger partial charge on any atom is -0.494 e. The average molecular weight is 757 g/mol. The highest BCUT2D eigenvalue weighted by Crippen LogP contribution is 2.40. The van der Waals surface area contributed by atoms with E-state index in [4.69, 9.17) is 9.47 Å². The van der Waals surface area contributed by atoms with E-state index in [1.807, 2.05) is 13.8 Å². The minimum absolute atomic E-state index is 0.0351. The van der Waals surface area contributed by atoms with Crippen molar-refractivity contribution in [3.05, 3.63) is 107 Å². The zero-order chi connectivity index (χ0) is 38.9. The van der Waals surface area contributed by atoms with Crippen molar-refractivity contribution < 1.29 is 45.4 Å². The van der Waals surface area contributed by atoms with Crippen molar-refractivity contribution in [2.75, 3.05) is 59.8 Å². The van der Waals surface area contributed by atoms with Gasteiger partial charge in [-0.15, -0.1) is 0 Å². The molecule has 2 heterocycles. The molecule has 0 aliphatic carbocycles. The summed E-state index contributed by atoms with van der Waals surface area (Å²) in [6.45, 7) is 7.02. The van der Waals surface area contributed by atoms with Gasteiger partial charge in [0.05, 0.1) is 24.3 Å². The summed E-state index contributed by atoms with van der Waals surface area (Å²) in [5.41, 5.74) is -0.435. The molecule has 0 saturated carbocycles. The van der Waals surface area contributed by atoms with Crippen LogP contribution < -0.4 is 29.9 Å². The first-order valence-corrected chi connectivity index (χ1v) is 17.8. The van der Waals surface area contributed by atoms with E-state index in [-0.39, 0.29) is 22.5 Å². The van der Waals surface area contributed by atoms with Crippen LogP contribution in [-0.4, -0.2) is 51.2 Å². The molecular weight excluding hydrogens is 714 g/mol. The smallest absolute Gasteiger partial charge is 0.418 e. The number of halogens is 6. The number of ether oxygens (including phenoxy) is 2. The van der Waals surface area contributed by atoms with E-state index in [0.717, 1.165) is 37.8 Å². The summed E-state index contributed by atoms with van der Waals surface area (Å²) in [7, 11) is 0. The highest BCUT2D eigenvalue weighted by Gasteiger charge is 2.37. The average Bonchev–Trinajstić information content (AvgIpc) is 3.87. The van der Waals surface area contributed by atoms with Gasteiger partial charge in [-0.2, -0.15) is 26.3 Å². The molecule has 0 bridgehead atoms. The third-order valence-electron chi connectivity index (χ3n) is 8.83. The van der Waals surface area contributed by atoms with Gasteiger partial charge in [-0.1, -0.05) is 12.1 Å². The number of benzene rings is 4. The van der Waals surface area contributed by atoms with E-state index in [0.29, 0.717) is 62.3 Å². The fraction of sp³-hybridized carbons (Fsp3) is 0.350. The molecule has 14 heteroatoms. The maximum absolute atomic E-state index is 13.5. The molecule has 6 rings (SSSR count). The molecule has 8 nitrogen and oxygen atoms in total. The standard InChI is InChI=1S/2C20H21F3N2O2/c2*1-2-27-16-7-5-6-15(13-16)24-19(26)14-8-9-18(25-10-3-4-11-25)17(12-14)20(21,22)23/h2*5-9,12-13H,2-4,10-11H2,1H3,(H,24,26). The Labute approximate surface area is 310 Å². The second-order valence-corrected chi connectivity index (χ2v) is 12.7. The number of nitrogens with zero attached hydrogens (tertiary/aromatic N) is 2. The van der Waals surface area contributed by atoms with Gasteiger partial charge in [-0.3, -0.25) is 9.59 Å². The van der Waals surface area contributed by atoms with Crippen LogP contribution in [0.3, 0.4) is 0 Å². The first-order chi connectivity index (χ1) is 25.8. The van der Waals surface area contributed by atoms with Gasteiger partial charge in [0, 0.05) is 72.2 Å². The van der Waals surface area contributed by atoms with Crippen LogP contribution >= 0.6 is 0 Å². The Kier molecular flexibility index (Phi) is 13.0. The van der Waals surface area contributed by atoms with E-state index < -0.39 is 35.3 Å². The van der Waals surface area contributed by atoms with Crippen molar-refractivity contribution in [2.45, 2.75) is 51.9 Å². The molecule has 288 valence electrons. The summed E-state index contributed by atoms with van der Waals surface area (Å²) in [5.74, 6) is -0.0319. The Bertz CT molecular complexity index is 1770. The second-order valence-electron chi connectivity index (χ2n) is 12.7. The minimum atomic E-state index is -4.52.